The molecule has 0 aliphatic heterocycles. The summed E-state index contributed by atoms with van der Waals surface area (Å²) in [5, 5.41) is 3.28. The van der Waals surface area contributed by atoms with Crippen LogP contribution in [0, 0.1) is 12.7 Å². The SMILES string of the molecule is Cc1c(Cl)cccc1NC(=O)c1cccc(F)c1Br. The zero-order chi connectivity index (χ0) is 14.0. The normalized spacial score (nSPS) is 10.3. The van der Waals surface area contributed by atoms with Gasteiger partial charge < -0.3 is 5.32 Å². The lowest BCUT2D eigenvalue weighted by Gasteiger charge is -2.10. The molecule has 0 saturated carbocycles. The Bertz CT molecular complexity index is 645. The fraction of sp³-hybridized carbons (Fsp3) is 0.0714. The Morgan fingerprint density at radius 2 is 1.95 bits per heavy atom. The van der Waals surface area contributed by atoms with Gasteiger partial charge in [0, 0.05) is 10.7 Å². The average Bonchev–Trinajstić information content (AvgIpc) is 2.38. The molecule has 0 atom stereocenters. The maximum atomic E-state index is 13.4. The second-order valence-corrected chi connectivity index (χ2v) is 5.17. The molecule has 0 aliphatic carbocycles. The lowest BCUT2D eigenvalue weighted by atomic mass is 10.1. The number of hydrogen-bond acceptors (Lipinski definition) is 1. The maximum absolute atomic E-state index is 13.4. The fourth-order valence-corrected chi connectivity index (χ4v) is 2.23. The van der Waals surface area contributed by atoms with E-state index in [1.807, 2.05) is 0 Å². The molecule has 2 aromatic rings. The number of carbonyl (C=O) groups is 1. The van der Waals surface area contributed by atoms with Crippen molar-refractivity contribution in [2.45, 2.75) is 6.92 Å². The highest BCUT2D eigenvalue weighted by Gasteiger charge is 2.14. The molecule has 0 unspecified atom stereocenters. The molecule has 98 valence electrons. The van der Waals surface area contributed by atoms with E-state index in [0.717, 1.165) is 5.56 Å². The number of carbonyl (C=O) groups excluding carboxylic acids is 1. The van der Waals surface area contributed by atoms with E-state index in [1.54, 1.807) is 31.2 Å². The van der Waals surface area contributed by atoms with Crippen LogP contribution in [0.4, 0.5) is 10.1 Å². The van der Waals surface area contributed by atoms with Gasteiger partial charge in [0.2, 0.25) is 0 Å². The molecule has 0 aromatic heterocycles. The number of hydrogen-bond donors (Lipinski definition) is 1. The number of anilines is 1. The molecule has 0 aliphatic rings. The minimum absolute atomic E-state index is 0.146. The monoisotopic (exact) mass is 341 g/mol. The van der Waals surface area contributed by atoms with E-state index in [9.17, 15) is 9.18 Å². The summed E-state index contributed by atoms with van der Waals surface area (Å²) in [6.07, 6.45) is 0. The van der Waals surface area contributed by atoms with E-state index in [-0.39, 0.29) is 10.0 Å². The van der Waals surface area contributed by atoms with Gasteiger partial charge in [-0.15, -0.1) is 0 Å². The van der Waals surface area contributed by atoms with Crippen molar-refractivity contribution in [1.82, 2.24) is 0 Å². The molecule has 1 amide bonds. The molecule has 19 heavy (non-hydrogen) atoms. The topological polar surface area (TPSA) is 29.1 Å². The van der Waals surface area contributed by atoms with Crippen LogP contribution in [0.15, 0.2) is 40.9 Å². The minimum atomic E-state index is -0.476. The summed E-state index contributed by atoms with van der Waals surface area (Å²) in [4.78, 5) is 12.1. The molecule has 0 spiro atoms. The van der Waals surface area contributed by atoms with Gasteiger partial charge in [-0.2, -0.15) is 0 Å². The predicted octanol–water partition coefficient (Wildman–Crippen LogP) is 4.80. The van der Waals surface area contributed by atoms with Gasteiger partial charge in [-0.1, -0.05) is 23.7 Å². The second kappa shape index (κ2) is 5.72. The van der Waals surface area contributed by atoms with Gasteiger partial charge in [0.25, 0.3) is 5.91 Å². The number of rotatable bonds is 2. The van der Waals surface area contributed by atoms with Crippen LogP contribution in [0.1, 0.15) is 15.9 Å². The number of amides is 1. The summed E-state index contributed by atoms with van der Waals surface area (Å²) in [6.45, 7) is 1.80. The van der Waals surface area contributed by atoms with Crippen LogP contribution in [0.25, 0.3) is 0 Å². The van der Waals surface area contributed by atoms with Crippen molar-refractivity contribution in [2.75, 3.05) is 5.32 Å². The van der Waals surface area contributed by atoms with Crippen LogP contribution in [-0.2, 0) is 0 Å². The van der Waals surface area contributed by atoms with E-state index < -0.39 is 11.7 Å². The first-order valence-corrected chi connectivity index (χ1v) is 6.68. The average molecular weight is 343 g/mol. The first-order valence-electron chi connectivity index (χ1n) is 5.51. The van der Waals surface area contributed by atoms with Crippen molar-refractivity contribution < 1.29 is 9.18 Å². The molecule has 0 fully saturated rings. The second-order valence-electron chi connectivity index (χ2n) is 3.97. The fourth-order valence-electron chi connectivity index (χ4n) is 1.61. The van der Waals surface area contributed by atoms with Crippen LogP contribution in [0.3, 0.4) is 0 Å². The van der Waals surface area contributed by atoms with Crippen LogP contribution in [-0.4, -0.2) is 5.91 Å². The molecule has 0 saturated heterocycles. The van der Waals surface area contributed by atoms with Crippen LogP contribution in [0.5, 0.6) is 0 Å². The van der Waals surface area contributed by atoms with E-state index in [4.69, 9.17) is 11.6 Å². The van der Waals surface area contributed by atoms with Gasteiger partial charge in [-0.3, -0.25) is 4.79 Å². The molecule has 0 bridgehead atoms. The highest BCUT2D eigenvalue weighted by Crippen LogP contribution is 2.25. The molecule has 2 rings (SSSR count). The van der Waals surface area contributed by atoms with E-state index in [1.165, 1.54) is 12.1 Å². The Kier molecular flexibility index (Phi) is 4.22. The van der Waals surface area contributed by atoms with Crippen molar-refractivity contribution >= 4 is 39.1 Å². The summed E-state index contributed by atoms with van der Waals surface area (Å²) in [5.74, 6) is -0.868. The standard InChI is InChI=1S/C14H10BrClFNO/c1-8-10(16)5-3-7-12(8)18-14(19)9-4-2-6-11(17)13(9)15/h2-7H,1H3,(H,18,19). The first kappa shape index (κ1) is 14.0. The van der Waals surface area contributed by atoms with Crippen molar-refractivity contribution in [3.63, 3.8) is 0 Å². The predicted molar refractivity (Wildman–Crippen MR) is 78.2 cm³/mol. The smallest absolute Gasteiger partial charge is 0.256 e. The number of benzene rings is 2. The number of nitrogens with one attached hydrogen (secondary N) is 1. The van der Waals surface area contributed by atoms with Crippen LogP contribution < -0.4 is 5.32 Å². The Morgan fingerprint density at radius 3 is 2.68 bits per heavy atom. The van der Waals surface area contributed by atoms with E-state index >= 15 is 0 Å². The summed E-state index contributed by atoms with van der Waals surface area (Å²) in [7, 11) is 0. The van der Waals surface area contributed by atoms with E-state index in [2.05, 4.69) is 21.2 Å². The van der Waals surface area contributed by atoms with Gasteiger partial charge in [0.15, 0.2) is 0 Å². The molecule has 5 heteroatoms. The molecular formula is C14H10BrClFNO. The Balaban J connectivity index is 2.31. The molecule has 0 radical (unpaired) electrons. The quantitative estimate of drug-likeness (QED) is 0.834. The van der Waals surface area contributed by atoms with Gasteiger partial charge >= 0.3 is 0 Å². The third kappa shape index (κ3) is 2.96. The molecular weight excluding hydrogens is 333 g/mol. The maximum Gasteiger partial charge on any atom is 0.256 e. The molecule has 2 nitrogen and oxygen atoms in total. The van der Waals surface area contributed by atoms with Crippen molar-refractivity contribution in [2.24, 2.45) is 0 Å². The first-order chi connectivity index (χ1) is 9.00. The summed E-state index contributed by atoms with van der Waals surface area (Å²) in [6, 6.07) is 9.54. The lowest BCUT2D eigenvalue weighted by Crippen LogP contribution is -2.14. The zero-order valence-electron chi connectivity index (χ0n) is 10.0. The van der Waals surface area contributed by atoms with Gasteiger partial charge in [0.1, 0.15) is 5.82 Å². The highest BCUT2D eigenvalue weighted by atomic mass is 79.9. The summed E-state index contributed by atoms with van der Waals surface area (Å²) >= 11 is 9.04. The largest absolute Gasteiger partial charge is 0.322 e. The highest BCUT2D eigenvalue weighted by molar-refractivity contribution is 9.10. The third-order valence-corrected chi connectivity index (χ3v) is 3.93. The van der Waals surface area contributed by atoms with E-state index in [0.29, 0.717) is 10.7 Å². The Hall–Kier alpha value is -1.39. The van der Waals surface area contributed by atoms with Gasteiger partial charge in [-0.25, -0.2) is 4.39 Å². The van der Waals surface area contributed by atoms with Gasteiger partial charge in [-0.05, 0) is 52.7 Å². The van der Waals surface area contributed by atoms with Crippen LogP contribution >= 0.6 is 27.5 Å². The molecule has 1 N–H and O–H groups in total. The van der Waals surface area contributed by atoms with Crippen LogP contribution in [0.2, 0.25) is 5.02 Å². The Labute approximate surface area is 123 Å². The molecule has 0 heterocycles. The molecule has 2 aromatic carbocycles. The number of halogens is 3. The van der Waals surface area contributed by atoms with Crippen molar-refractivity contribution in [3.05, 3.63) is 62.8 Å². The third-order valence-electron chi connectivity index (χ3n) is 2.71. The zero-order valence-corrected chi connectivity index (χ0v) is 12.3. The Morgan fingerprint density at radius 1 is 1.26 bits per heavy atom. The van der Waals surface area contributed by atoms with Crippen molar-refractivity contribution in [3.8, 4) is 0 Å². The lowest BCUT2D eigenvalue weighted by molar-refractivity contribution is 0.102. The van der Waals surface area contributed by atoms with Crippen molar-refractivity contribution in [1.29, 1.82) is 0 Å². The summed E-state index contributed by atoms with van der Waals surface area (Å²) < 4.78 is 13.5. The minimum Gasteiger partial charge on any atom is -0.322 e. The van der Waals surface area contributed by atoms with Gasteiger partial charge in [0.05, 0.1) is 10.0 Å². The summed E-state index contributed by atoms with van der Waals surface area (Å²) in [5.41, 5.74) is 1.61.